The number of urea groups is 1. The summed E-state index contributed by atoms with van der Waals surface area (Å²) in [6.07, 6.45) is 4.73. The summed E-state index contributed by atoms with van der Waals surface area (Å²) < 4.78 is 5.28. The molecule has 1 aliphatic carbocycles. The van der Waals surface area contributed by atoms with Gasteiger partial charge in [0, 0.05) is 11.4 Å². The van der Waals surface area contributed by atoms with Crippen LogP contribution in [-0.2, 0) is 6.54 Å². The second-order valence-electron chi connectivity index (χ2n) is 6.32. The van der Waals surface area contributed by atoms with Crippen LogP contribution in [0.5, 0.6) is 0 Å². The van der Waals surface area contributed by atoms with Gasteiger partial charge < -0.3 is 15.2 Å². The van der Waals surface area contributed by atoms with E-state index in [0.717, 1.165) is 28.6 Å². The molecule has 2 N–H and O–H groups in total. The van der Waals surface area contributed by atoms with Crippen molar-refractivity contribution >= 4 is 17.0 Å². The molecule has 1 aromatic carbocycles. The molecule has 0 bridgehead atoms. The van der Waals surface area contributed by atoms with Gasteiger partial charge in [-0.25, -0.2) is 4.79 Å². The van der Waals surface area contributed by atoms with Crippen molar-refractivity contribution in [2.45, 2.75) is 52.1 Å². The van der Waals surface area contributed by atoms with Crippen LogP contribution < -0.4 is 10.6 Å². The molecule has 0 unspecified atom stereocenters. The summed E-state index contributed by atoms with van der Waals surface area (Å²) in [5.41, 5.74) is 2.67. The number of amides is 2. The topological polar surface area (TPSA) is 67.2 Å². The molecule has 0 saturated heterocycles. The Kier molecular flexibility index (Phi) is 4.32. The summed E-state index contributed by atoms with van der Waals surface area (Å²) in [5, 5.41) is 11.0. The van der Waals surface area contributed by atoms with E-state index in [1.54, 1.807) is 0 Å². The maximum atomic E-state index is 12.1. The zero-order valence-corrected chi connectivity index (χ0v) is 13.2. The number of nitrogens with one attached hydrogen (secondary N) is 2. The van der Waals surface area contributed by atoms with Gasteiger partial charge in [-0.1, -0.05) is 36.6 Å². The van der Waals surface area contributed by atoms with Gasteiger partial charge in [-0.15, -0.1) is 0 Å². The fourth-order valence-corrected chi connectivity index (χ4v) is 3.14. The van der Waals surface area contributed by atoms with Crippen molar-refractivity contribution in [2.24, 2.45) is 5.92 Å². The largest absolute Gasteiger partial charge is 0.356 e. The number of nitrogens with zero attached hydrogens (tertiary/aromatic N) is 1. The molecule has 22 heavy (non-hydrogen) atoms. The second kappa shape index (κ2) is 6.38. The SMILES string of the molecule is Cc1ccc2onc(CNC(=O)N[C@@H]3CCCC[C@H]3C)c2c1. The molecular formula is C17H23N3O2. The number of hydrogen-bond donors (Lipinski definition) is 2. The van der Waals surface area contributed by atoms with Gasteiger partial charge in [0.15, 0.2) is 5.58 Å². The first-order chi connectivity index (χ1) is 10.6. The van der Waals surface area contributed by atoms with E-state index in [1.165, 1.54) is 19.3 Å². The third kappa shape index (κ3) is 3.24. The molecule has 1 heterocycles. The Morgan fingerprint density at radius 1 is 1.36 bits per heavy atom. The van der Waals surface area contributed by atoms with Gasteiger partial charge in [0.1, 0.15) is 5.69 Å². The number of hydrogen-bond acceptors (Lipinski definition) is 3. The molecule has 0 spiro atoms. The number of benzene rings is 1. The highest BCUT2D eigenvalue weighted by molar-refractivity contribution is 5.81. The smallest absolute Gasteiger partial charge is 0.315 e. The van der Waals surface area contributed by atoms with Crippen LogP contribution in [0.4, 0.5) is 4.79 Å². The first-order valence-corrected chi connectivity index (χ1v) is 8.03. The molecule has 0 aliphatic heterocycles. The highest BCUT2D eigenvalue weighted by Crippen LogP contribution is 2.23. The minimum Gasteiger partial charge on any atom is -0.356 e. The maximum Gasteiger partial charge on any atom is 0.315 e. The lowest BCUT2D eigenvalue weighted by molar-refractivity contribution is 0.221. The summed E-state index contributed by atoms with van der Waals surface area (Å²) in [4.78, 5) is 12.1. The normalized spacial score (nSPS) is 21.7. The van der Waals surface area contributed by atoms with Crippen molar-refractivity contribution in [3.8, 4) is 0 Å². The van der Waals surface area contributed by atoms with Gasteiger partial charge in [-0.05, 0) is 37.8 Å². The Hall–Kier alpha value is -2.04. The number of aromatic nitrogens is 1. The third-order valence-corrected chi connectivity index (χ3v) is 4.54. The molecule has 2 atom stereocenters. The molecule has 1 fully saturated rings. The molecule has 1 aromatic heterocycles. The Bertz CT molecular complexity index is 665. The summed E-state index contributed by atoms with van der Waals surface area (Å²) in [5.74, 6) is 0.551. The molecule has 2 amide bonds. The summed E-state index contributed by atoms with van der Waals surface area (Å²) in [6, 6.07) is 6.09. The minimum absolute atomic E-state index is 0.123. The van der Waals surface area contributed by atoms with E-state index >= 15 is 0 Å². The molecule has 5 nitrogen and oxygen atoms in total. The van der Waals surface area contributed by atoms with Gasteiger partial charge in [0.05, 0.1) is 6.54 Å². The Morgan fingerprint density at radius 3 is 3.00 bits per heavy atom. The number of rotatable bonds is 3. The van der Waals surface area contributed by atoms with Crippen molar-refractivity contribution in [3.63, 3.8) is 0 Å². The fourth-order valence-electron chi connectivity index (χ4n) is 3.14. The van der Waals surface area contributed by atoms with Crippen molar-refractivity contribution in [3.05, 3.63) is 29.5 Å². The summed E-state index contributed by atoms with van der Waals surface area (Å²) >= 11 is 0. The molecule has 2 aromatic rings. The highest BCUT2D eigenvalue weighted by Gasteiger charge is 2.22. The average Bonchev–Trinajstić information content (AvgIpc) is 2.90. The molecule has 1 saturated carbocycles. The first kappa shape index (κ1) is 14.9. The van der Waals surface area contributed by atoms with Crippen molar-refractivity contribution < 1.29 is 9.32 Å². The van der Waals surface area contributed by atoms with Crippen LogP contribution in [0.2, 0.25) is 0 Å². The summed E-state index contributed by atoms with van der Waals surface area (Å²) in [7, 11) is 0. The molecule has 5 heteroatoms. The Morgan fingerprint density at radius 2 is 2.18 bits per heavy atom. The van der Waals surface area contributed by atoms with Crippen LogP contribution in [0, 0.1) is 12.8 Å². The predicted octanol–water partition coefficient (Wildman–Crippen LogP) is 3.51. The van der Waals surface area contributed by atoms with E-state index in [0.29, 0.717) is 12.5 Å². The molecule has 118 valence electrons. The van der Waals surface area contributed by atoms with E-state index < -0.39 is 0 Å². The van der Waals surface area contributed by atoms with E-state index in [2.05, 4.69) is 22.7 Å². The van der Waals surface area contributed by atoms with Crippen molar-refractivity contribution in [2.75, 3.05) is 0 Å². The highest BCUT2D eigenvalue weighted by atomic mass is 16.5. The second-order valence-corrected chi connectivity index (χ2v) is 6.32. The lowest BCUT2D eigenvalue weighted by Crippen LogP contribution is -2.45. The number of fused-ring (bicyclic) bond motifs is 1. The third-order valence-electron chi connectivity index (χ3n) is 4.54. The van der Waals surface area contributed by atoms with Crippen molar-refractivity contribution in [1.29, 1.82) is 0 Å². The minimum atomic E-state index is -0.123. The summed E-state index contributed by atoms with van der Waals surface area (Å²) in [6.45, 7) is 4.61. The predicted molar refractivity (Wildman–Crippen MR) is 85.5 cm³/mol. The van der Waals surface area contributed by atoms with E-state index in [-0.39, 0.29) is 12.1 Å². The molecule has 1 aliphatic rings. The molecule has 3 rings (SSSR count). The van der Waals surface area contributed by atoms with Gasteiger partial charge in [0.2, 0.25) is 0 Å². The van der Waals surface area contributed by atoms with Crippen LogP contribution in [0.1, 0.15) is 43.9 Å². The Balaban J connectivity index is 1.59. The van der Waals surface area contributed by atoms with Gasteiger partial charge >= 0.3 is 6.03 Å². The lowest BCUT2D eigenvalue weighted by Gasteiger charge is -2.29. The van der Waals surface area contributed by atoms with E-state index in [1.807, 2.05) is 25.1 Å². The lowest BCUT2D eigenvalue weighted by atomic mass is 9.86. The number of carbonyl (C=O) groups excluding carboxylic acids is 1. The molecule has 0 radical (unpaired) electrons. The maximum absolute atomic E-state index is 12.1. The van der Waals surface area contributed by atoms with Crippen LogP contribution in [0.25, 0.3) is 11.0 Å². The number of aryl methyl sites for hydroxylation is 1. The van der Waals surface area contributed by atoms with Gasteiger partial charge in [-0.3, -0.25) is 0 Å². The number of carbonyl (C=O) groups is 1. The van der Waals surface area contributed by atoms with E-state index in [4.69, 9.17) is 4.52 Å². The molecular weight excluding hydrogens is 278 g/mol. The van der Waals surface area contributed by atoms with Crippen molar-refractivity contribution in [1.82, 2.24) is 15.8 Å². The monoisotopic (exact) mass is 301 g/mol. The zero-order chi connectivity index (χ0) is 15.5. The first-order valence-electron chi connectivity index (χ1n) is 8.03. The van der Waals surface area contributed by atoms with Gasteiger partial charge in [0.25, 0.3) is 0 Å². The van der Waals surface area contributed by atoms with Gasteiger partial charge in [-0.2, -0.15) is 0 Å². The van der Waals surface area contributed by atoms with Crippen LogP contribution in [-0.4, -0.2) is 17.2 Å². The van der Waals surface area contributed by atoms with Crippen LogP contribution in [0.3, 0.4) is 0 Å². The average molecular weight is 301 g/mol. The standard InChI is InChI=1S/C17H23N3O2/c1-11-7-8-16-13(9-11)15(20-22-16)10-18-17(21)19-14-6-4-3-5-12(14)2/h7-9,12,14H,3-6,10H2,1-2H3,(H2,18,19,21)/t12-,14-/m1/s1. The van der Waals surface area contributed by atoms with E-state index in [9.17, 15) is 4.79 Å². The quantitative estimate of drug-likeness (QED) is 0.911. The van der Waals surface area contributed by atoms with Crippen LogP contribution >= 0.6 is 0 Å². The fraction of sp³-hybridized carbons (Fsp3) is 0.529. The van der Waals surface area contributed by atoms with Crippen LogP contribution in [0.15, 0.2) is 22.7 Å². The Labute approximate surface area is 130 Å². The zero-order valence-electron chi connectivity index (χ0n) is 13.2.